The molecule has 0 aliphatic carbocycles. The second-order valence-electron chi connectivity index (χ2n) is 6.05. The largest absolute Gasteiger partial charge is 0.352 e. The summed E-state index contributed by atoms with van der Waals surface area (Å²) < 4.78 is 0. The minimum atomic E-state index is -0.841. The maximum Gasteiger partial charge on any atom is 0.352 e. The lowest BCUT2D eigenvalue weighted by Crippen LogP contribution is -2.43. The molecule has 0 bridgehead atoms. The second-order valence-corrected chi connectivity index (χ2v) is 6.05. The van der Waals surface area contributed by atoms with Crippen molar-refractivity contribution in [2.24, 2.45) is 0 Å². The van der Waals surface area contributed by atoms with Crippen molar-refractivity contribution in [3.8, 4) is 0 Å². The fraction of sp³-hybridized carbons (Fsp3) is 0.158. The quantitative estimate of drug-likeness (QED) is 0.782. The number of fused-ring (bicyclic) bond motifs is 2. The van der Waals surface area contributed by atoms with E-state index < -0.39 is 17.8 Å². The summed E-state index contributed by atoms with van der Waals surface area (Å²) in [6, 6.07) is 13.4. The average molecular weight is 350 g/mol. The molecule has 3 amide bonds. The zero-order valence-electron chi connectivity index (χ0n) is 13.7. The zero-order chi connectivity index (χ0) is 18.3. The van der Waals surface area contributed by atoms with Gasteiger partial charge >= 0.3 is 5.97 Å². The number of benzene rings is 2. The summed E-state index contributed by atoms with van der Waals surface area (Å²) in [6.07, 6.45) is 0.627. The van der Waals surface area contributed by atoms with E-state index in [-0.39, 0.29) is 23.6 Å². The summed E-state index contributed by atoms with van der Waals surface area (Å²) in [4.78, 5) is 55.4. The summed E-state index contributed by atoms with van der Waals surface area (Å²) in [5, 5.41) is 0.454. The van der Waals surface area contributed by atoms with E-state index in [4.69, 9.17) is 4.84 Å². The van der Waals surface area contributed by atoms with Gasteiger partial charge in [-0.15, -0.1) is 0 Å². The highest BCUT2D eigenvalue weighted by atomic mass is 16.7. The van der Waals surface area contributed by atoms with Gasteiger partial charge < -0.3 is 9.74 Å². The van der Waals surface area contributed by atoms with Crippen molar-refractivity contribution in [1.82, 2.24) is 9.96 Å². The Morgan fingerprint density at radius 1 is 0.846 bits per heavy atom. The molecule has 0 aromatic heterocycles. The van der Waals surface area contributed by atoms with Gasteiger partial charge in [0.2, 0.25) is 0 Å². The number of nitrogens with zero attached hydrogens (tertiary/aromatic N) is 2. The van der Waals surface area contributed by atoms with Gasteiger partial charge in [-0.3, -0.25) is 14.4 Å². The summed E-state index contributed by atoms with van der Waals surface area (Å²) >= 11 is 0. The van der Waals surface area contributed by atoms with Crippen LogP contribution in [-0.2, 0) is 16.1 Å². The number of carbonyl (C=O) groups is 4. The van der Waals surface area contributed by atoms with E-state index in [2.05, 4.69) is 0 Å². The summed E-state index contributed by atoms with van der Waals surface area (Å²) in [5.41, 5.74) is 1.86. The zero-order valence-corrected chi connectivity index (χ0v) is 13.7. The van der Waals surface area contributed by atoms with Gasteiger partial charge in [0.15, 0.2) is 0 Å². The Morgan fingerprint density at radius 3 is 2.08 bits per heavy atom. The van der Waals surface area contributed by atoms with Crippen LogP contribution in [0.2, 0.25) is 0 Å². The van der Waals surface area contributed by atoms with Gasteiger partial charge in [-0.2, -0.15) is 0 Å². The SMILES string of the molecule is O=C(CN1CCc2ccccc2C1=O)ON1C(=O)c2ccccc2C1=O. The van der Waals surface area contributed by atoms with Gasteiger partial charge in [0.1, 0.15) is 6.54 Å². The molecule has 7 heteroatoms. The third-order valence-electron chi connectivity index (χ3n) is 4.46. The van der Waals surface area contributed by atoms with Crippen LogP contribution in [-0.4, -0.2) is 46.7 Å². The fourth-order valence-corrected chi connectivity index (χ4v) is 3.16. The highest BCUT2D eigenvalue weighted by Crippen LogP contribution is 2.23. The van der Waals surface area contributed by atoms with Crippen LogP contribution >= 0.6 is 0 Å². The molecule has 2 heterocycles. The lowest BCUT2D eigenvalue weighted by molar-refractivity contribution is -0.169. The van der Waals surface area contributed by atoms with Gasteiger partial charge in [-0.1, -0.05) is 35.4 Å². The molecule has 0 radical (unpaired) electrons. The van der Waals surface area contributed by atoms with Crippen LogP contribution in [0.5, 0.6) is 0 Å². The van der Waals surface area contributed by atoms with Gasteiger partial charge in [-0.25, -0.2) is 4.79 Å². The summed E-state index contributed by atoms with van der Waals surface area (Å²) in [5.74, 6) is -2.48. The first-order valence-corrected chi connectivity index (χ1v) is 8.12. The maximum atomic E-state index is 12.5. The predicted octanol–water partition coefficient (Wildman–Crippen LogP) is 1.44. The fourth-order valence-electron chi connectivity index (χ4n) is 3.16. The van der Waals surface area contributed by atoms with E-state index >= 15 is 0 Å². The normalized spacial score (nSPS) is 15.8. The third kappa shape index (κ3) is 2.54. The predicted molar refractivity (Wildman–Crippen MR) is 89.1 cm³/mol. The van der Waals surface area contributed by atoms with Crippen LogP contribution in [0.15, 0.2) is 48.5 Å². The summed E-state index contributed by atoms with van der Waals surface area (Å²) in [7, 11) is 0. The Morgan fingerprint density at radius 2 is 1.42 bits per heavy atom. The monoisotopic (exact) mass is 350 g/mol. The van der Waals surface area contributed by atoms with Gasteiger partial charge in [0, 0.05) is 12.1 Å². The summed E-state index contributed by atoms with van der Waals surface area (Å²) in [6.45, 7) is 0.0354. The Balaban J connectivity index is 1.45. The molecule has 0 atom stereocenters. The lowest BCUT2D eigenvalue weighted by atomic mass is 9.99. The molecule has 2 aromatic rings. The molecule has 4 rings (SSSR count). The molecule has 2 aliphatic rings. The van der Waals surface area contributed by atoms with Crippen molar-refractivity contribution in [2.45, 2.75) is 6.42 Å². The first-order chi connectivity index (χ1) is 12.6. The van der Waals surface area contributed by atoms with Crippen LogP contribution in [0.3, 0.4) is 0 Å². The molecular formula is C19H14N2O5. The highest BCUT2D eigenvalue weighted by Gasteiger charge is 2.39. The molecular weight excluding hydrogens is 336 g/mol. The van der Waals surface area contributed by atoms with Crippen molar-refractivity contribution in [3.05, 3.63) is 70.8 Å². The molecule has 0 fully saturated rings. The third-order valence-corrected chi connectivity index (χ3v) is 4.46. The van der Waals surface area contributed by atoms with Crippen molar-refractivity contribution in [3.63, 3.8) is 0 Å². The van der Waals surface area contributed by atoms with Gasteiger partial charge in [-0.05, 0) is 30.2 Å². The number of hydrogen-bond acceptors (Lipinski definition) is 5. The molecule has 2 aromatic carbocycles. The van der Waals surface area contributed by atoms with E-state index in [9.17, 15) is 19.2 Å². The van der Waals surface area contributed by atoms with Crippen molar-refractivity contribution in [2.75, 3.05) is 13.1 Å². The topological polar surface area (TPSA) is 84.0 Å². The molecule has 0 N–H and O–H groups in total. The van der Waals surface area contributed by atoms with Gasteiger partial charge in [0.05, 0.1) is 11.1 Å². The molecule has 7 nitrogen and oxygen atoms in total. The molecule has 0 saturated heterocycles. The highest BCUT2D eigenvalue weighted by molar-refractivity contribution is 6.20. The van der Waals surface area contributed by atoms with E-state index in [1.807, 2.05) is 12.1 Å². The van der Waals surface area contributed by atoms with E-state index in [0.717, 1.165) is 5.56 Å². The molecule has 0 saturated carbocycles. The smallest absolute Gasteiger partial charge is 0.328 e. The first-order valence-electron chi connectivity index (χ1n) is 8.12. The number of hydrogen-bond donors (Lipinski definition) is 0. The number of imide groups is 1. The number of amides is 3. The van der Waals surface area contributed by atoms with Crippen molar-refractivity contribution >= 4 is 23.7 Å². The Labute approximate surface area is 148 Å². The Bertz CT molecular complexity index is 917. The Kier molecular flexibility index (Phi) is 3.76. The number of carbonyl (C=O) groups excluding carboxylic acids is 4. The van der Waals surface area contributed by atoms with E-state index in [1.165, 1.54) is 17.0 Å². The van der Waals surface area contributed by atoms with E-state index in [0.29, 0.717) is 23.6 Å². The second kappa shape index (κ2) is 6.11. The minimum absolute atomic E-state index is 0.188. The van der Waals surface area contributed by atoms with Crippen LogP contribution in [0.4, 0.5) is 0 Å². The average Bonchev–Trinajstić information content (AvgIpc) is 2.89. The van der Waals surface area contributed by atoms with Crippen LogP contribution in [0.1, 0.15) is 36.6 Å². The van der Waals surface area contributed by atoms with Crippen molar-refractivity contribution in [1.29, 1.82) is 0 Å². The van der Waals surface area contributed by atoms with Crippen LogP contribution in [0.25, 0.3) is 0 Å². The Hall–Kier alpha value is -3.48. The molecule has 0 spiro atoms. The molecule has 0 unspecified atom stereocenters. The lowest BCUT2D eigenvalue weighted by Gasteiger charge is -2.27. The molecule has 2 aliphatic heterocycles. The molecule has 26 heavy (non-hydrogen) atoms. The standard InChI is InChI=1S/C19H14N2O5/c22-16(11-20-10-9-12-5-1-2-6-13(12)17(20)23)26-21-18(24)14-7-3-4-8-15(14)19(21)25/h1-8H,9-11H2. The maximum absolute atomic E-state index is 12.5. The van der Waals surface area contributed by atoms with Crippen LogP contribution < -0.4 is 0 Å². The van der Waals surface area contributed by atoms with Gasteiger partial charge in [0.25, 0.3) is 17.7 Å². The number of rotatable bonds is 3. The van der Waals surface area contributed by atoms with Crippen molar-refractivity contribution < 1.29 is 24.0 Å². The minimum Gasteiger partial charge on any atom is -0.328 e. The number of hydroxylamine groups is 2. The van der Waals surface area contributed by atoms with Crippen LogP contribution in [0, 0.1) is 0 Å². The van der Waals surface area contributed by atoms with E-state index in [1.54, 1.807) is 24.3 Å². The first kappa shape index (κ1) is 16.0. The molecule has 130 valence electrons.